The second kappa shape index (κ2) is 9.56. The molecule has 1 amide bonds. The molecule has 1 aromatic rings. The predicted octanol–water partition coefficient (Wildman–Crippen LogP) is 1.49. The molecule has 0 bridgehead atoms. The van der Waals surface area contributed by atoms with Crippen LogP contribution in [-0.2, 0) is 16.1 Å². The normalized spacial score (nSPS) is 9.79. The van der Waals surface area contributed by atoms with Crippen molar-refractivity contribution < 1.29 is 9.53 Å². The molecule has 3 N–H and O–H groups in total. The van der Waals surface area contributed by atoms with Gasteiger partial charge in [0.2, 0.25) is 5.91 Å². The second-order valence-electron chi connectivity index (χ2n) is 3.90. The highest BCUT2D eigenvalue weighted by Crippen LogP contribution is 2.15. The van der Waals surface area contributed by atoms with Crippen LogP contribution in [-0.4, -0.2) is 25.7 Å². The van der Waals surface area contributed by atoms with Crippen LogP contribution in [0.2, 0.25) is 0 Å². The Labute approximate surface area is 118 Å². The van der Waals surface area contributed by atoms with Gasteiger partial charge in [-0.15, -0.1) is 11.3 Å². The Hall–Kier alpha value is -1.35. The van der Waals surface area contributed by atoms with Gasteiger partial charge in [0.05, 0.1) is 19.7 Å². The Bertz CT molecular complexity index is 446. The Balaban J connectivity index is 2.32. The molecule has 0 aliphatic rings. The van der Waals surface area contributed by atoms with Crippen molar-refractivity contribution in [3.05, 3.63) is 21.9 Å². The molecule has 19 heavy (non-hydrogen) atoms. The Kier molecular flexibility index (Phi) is 7.91. The lowest BCUT2D eigenvalue weighted by Crippen LogP contribution is -2.23. The van der Waals surface area contributed by atoms with E-state index in [0.717, 1.165) is 16.9 Å². The molecule has 0 aliphatic heterocycles. The number of carbonyl (C=O) groups is 1. The summed E-state index contributed by atoms with van der Waals surface area (Å²) in [6, 6.07) is 1.94. The van der Waals surface area contributed by atoms with Crippen LogP contribution < -0.4 is 11.1 Å². The summed E-state index contributed by atoms with van der Waals surface area (Å²) in [6.45, 7) is 4.08. The first-order chi connectivity index (χ1) is 9.27. The molecule has 0 aromatic carbocycles. The highest BCUT2D eigenvalue weighted by atomic mass is 32.1. The van der Waals surface area contributed by atoms with Gasteiger partial charge < -0.3 is 15.8 Å². The largest absolute Gasteiger partial charge is 0.381 e. The quantitative estimate of drug-likeness (QED) is 0.587. The molecule has 0 radical (unpaired) electrons. The van der Waals surface area contributed by atoms with Crippen molar-refractivity contribution in [3.8, 4) is 11.8 Å². The minimum Gasteiger partial charge on any atom is -0.381 e. The van der Waals surface area contributed by atoms with Gasteiger partial charge in [-0.05, 0) is 17.9 Å². The number of carbonyl (C=O) groups excluding carboxylic acids is 1. The highest BCUT2D eigenvalue weighted by Gasteiger charge is 2.05. The van der Waals surface area contributed by atoms with E-state index in [1.54, 1.807) is 11.3 Å². The molecule has 1 heterocycles. The maximum absolute atomic E-state index is 11.6. The molecule has 0 saturated heterocycles. The van der Waals surface area contributed by atoms with Crippen LogP contribution in [0.4, 0.5) is 0 Å². The third-order valence-corrected chi connectivity index (χ3v) is 3.26. The lowest BCUT2D eigenvalue weighted by atomic mass is 10.2. The zero-order valence-electron chi connectivity index (χ0n) is 11.2. The Morgan fingerprint density at radius 3 is 3.11 bits per heavy atom. The number of ether oxygens (including phenoxy) is 1. The molecule has 4 nitrogen and oxygen atoms in total. The lowest BCUT2D eigenvalue weighted by molar-refractivity contribution is -0.122. The average molecular weight is 280 g/mol. The Morgan fingerprint density at radius 2 is 2.37 bits per heavy atom. The predicted molar refractivity (Wildman–Crippen MR) is 77.8 cm³/mol. The molecule has 1 aromatic heterocycles. The fraction of sp³-hybridized carbons (Fsp3) is 0.500. The first-order valence-corrected chi connectivity index (χ1v) is 7.25. The van der Waals surface area contributed by atoms with Gasteiger partial charge in [-0.2, -0.15) is 0 Å². The van der Waals surface area contributed by atoms with Crippen molar-refractivity contribution in [1.29, 1.82) is 0 Å². The number of rotatable bonds is 7. The first-order valence-electron chi connectivity index (χ1n) is 6.37. The topological polar surface area (TPSA) is 64.3 Å². The van der Waals surface area contributed by atoms with Gasteiger partial charge in [0.25, 0.3) is 0 Å². The van der Waals surface area contributed by atoms with Crippen LogP contribution in [0.25, 0.3) is 0 Å². The molecular formula is C14H20N2O2S. The minimum absolute atomic E-state index is 0.00207. The Morgan fingerprint density at radius 1 is 1.53 bits per heavy atom. The fourth-order valence-corrected chi connectivity index (χ4v) is 2.18. The van der Waals surface area contributed by atoms with Gasteiger partial charge in [0.1, 0.15) is 0 Å². The number of thiophene rings is 1. The van der Waals surface area contributed by atoms with E-state index in [2.05, 4.69) is 17.2 Å². The second-order valence-corrected chi connectivity index (χ2v) is 4.90. The summed E-state index contributed by atoms with van der Waals surface area (Å²) >= 11 is 1.58. The van der Waals surface area contributed by atoms with Crippen LogP contribution in [0.5, 0.6) is 0 Å². The van der Waals surface area contributed by atoms with Crippen molar-refractivity contribution in [3.63, 3.8) is 0 Å². The van der Waals surface area contributed by atoms with E-state index in [1.165, 1.54) is 0 Å². The van der Waals surface area contributed by atoms with Crippen molar-refractivity contribution in [1.82, 2.24) is 5.32 Å². The van der Waals surface area contributed by atoms with Gasteiger partial charge in [0, 0.05) is 23.5 Å². The van der Waals surface area contributed by atoms with Crippen molar-refractivity contribution in [2.75, 3.05) is 19.8 Å². The molecule has 5 heteroatoms. The first kappa shape index (κ1) is 15.7. The van der Waals surface area contributed by atoms with Crippen LogP contribution in [0.3, 0.4) is 0 Å². The van der Waals surface area contributed by atoms with E-state index >= 15 is 0 Å². The number of nitrogens with one attached hydrogen (secondary N) is 1. The third kappa shape index (κ3) is 6.39. The lowest BCUT2D eigenvalue weighted by Gasteiger charge is -2.05. The molecular weight excluding hydrogens is 260 g/mol. The van der Waals surface area contributed by atoms with Crippen LogP contribution in [0, 0.1) is 11.8 Å². The van der Waals surface area contributed by atoms with Gasteiger partial charge in [-0.25, -0.2) is 0 Å². The molecule has 0 atom stereocenters. The maximum Gasteiger partial charge on any atom is 0.222 e. The standard InChI is InChI=1S/C14H20N2O2S/c1-2-8-18-9-5-14(17)16-11-13-12(4-3-7-15)6-10-19-13/h6,10H,2,5,7-9,11,15H2,1H3,(H,16,17). The smallest absolute Gasteiger partial charge is 0.222 e. The van der Waals surface area contributed by atoms with E-state index in [0.29, 0.717) is 32.7 Å². The van der Waals surface area contributed by atoms with E-state index in [-0.39, 0.29) is 5.91 Å². The van der Waals surface area contributed by atoms with Gasteiger partial charge in [-0.3, -0.25) is 4.79 Å². The van der Waals surface area contributed by atoms with Gasteiger partial charge in [0.15, 0.2) is 0 Å². The fourth-order valence-electron chi connectivity index (χ4n) is 1.41. The van der Waals surface area contributed by atoms with Crippen LogP contribution in [0.1, 0.15) is 30.2 Å². The van der Waals surface area contributed by atoms with Crippen molar-refractivity contribution in [2.24, 2.45) is 5.73 Å². The zero-order chi connectivity index (χ0) is 13.9. The minimum atomic E-state index is 0.00207. The summed E-state index contributed by atoms with van der Waals surface area (Å²) in [7, 11) is 0. The molecule has 104 valence electrons. The number of amides is 1. The van der Waals surface area contributed by atoms with E-state index < -0.39 is 0 Å². The van der Waals surface area contributed by atoms with E-state index in [4.69, 9.17) is 10.5 Å². The third-order valence-electron chi connectivity index (χ3n) is 2.34. The van der Waals surface area contributed by atoms with Gasteiger partial charge >= 0.3 is 0 Å². The summed E-state index contributed by atoms with van der Waals surface area (Å²) in [5.74, 6) is 5.82. The number of hydrogen-bond acceptors (Lipinski definition) is 4. The molecule has 0 unspecified atom stereocenters. The summed E-state index contributed by atoms with van der Waals surface area (Å²) < 4.78 is 5.27. The van der Waals surface area contributed by atoms with Crippen LogP contribution >= 0.6 is 11.3 Å². The average Bonchev–Trinajstić information content (AvgIpc) is 2.86. The van der Waals surface area contributed by atoms with Crippen LogP contribution in [0.15, 0.2) is 11.4 Å². The van der Waals surface area contributed by atoms with E-state index in [9.17, 15) is 4.79 Å². The summed E-state index contributed by atoms with van der Waals surface area (Å²) in [4.78, 5) is 12.6. The van der Waals surface area contributed by atoms with E-state index in [1.807, 2.05) is 18.4 Å². The maximum atomic E-state index is 11.6. The van der Waals surface area contributed by atoms with Crippen molar-refractivity contribution >= 4 is 17.2 Å². The summed E-state index contributed by atoms with van der Waals surface area (Å²) in [6.07, 6.45) is 1.37. The molecule has 0 aliphatic carbocycles. The van der Waals surface area contributed by atoms with Crippen molar-refractivity contribution in [2.45, 2.75) is 26.3 Å². The zero-order valence-corrected chi connectivity index (χ0v) is 12.0. The highest BCUT2D eigenvalue weighted by molar-refractivity contribution is 7.10. The summed E-state index contributed by atoms with van der Waals surface area (Å²) in [5, 5.41) is 4.84. The SMILES string of the molecule is CCCOCCC(=O)NCc1sccc1C#CCN. The molecule has 1 rings (SSSR count). The molecule has 0 saturated carbocycles. The molecule has 0 fully saturated rings. The number of nitrogens with two attached hydrogens (primary N) is 1. The monoisotopic (exact) mass is 280 g/mol. The van der Waals surface area contributed by atoms with Gasteiger partial charge in [-0.1, -0.05) is 18.8 Å². The number of hydrogen-bond donors (Lipinski definition) is 2. The molecule has 0 spiro atoms. The summed E-state index contributed by atoms with van der Waals surface area (Å²) in [5.41, 5.74) is 6.29.